The van der Waals surface area contributed by atoms with E-state index in [-0.39, 0.29) is 18.0 Å². The number of benzene rings is 1. The van der Waals surface area contributed by atoms with E-state index in [1.165, 1.54) is 0 Å². The summed E-state index contributed by atoms with van der Waals surface area (Å²) in [5.41, 5.74) is 1.58. The minimum Gasteiger partial charge on any atom is -0.324 e. The number of piperidine rings is 1. The molecule has 0 spiro atoms. The molecule has 1 atom stereocenters. The molecule has 2 aromatic heterocycles. The van der Waals surface area contributed by atoms with Crippen molar-refractivity contribution >= 4 is 11.7 Å². The van der Waals surface area contributed by atoms with E-state index in [1.54, 1.807) is 6.33 Å². The van der Waals surface area contributed by atoms with E-state index in [0.29, 0.717) is 6.54 Å². The molecule has 29 heavy (non-hydrogen) atoms. The molecule has 3 aromatic rings. The van der Waals surface area contributed by atoms with Gasteiger partial charge in [0.05, 0.1) is 5.69 Å². The highest BCUT2D eigenvalue weighted by atomic mass is 16.2. The van der Waals surface area contributed by atoms with E-state index in [2.05, 4.69) is 44.5 Å². The largest absolute Gasteiger partial charge is 0.324 e. The van der Waals surface area contributed by atoms with Crippen molar-refractivity contribution in [3.8, 4) is 11.4 Å². The van der Waals surface area contributed by atoms with Gasteiger partial charge in [0.2, 0.25) is 0 Å². The SMILES string of the molecule is Cc1nc(C2CCCN(C(=O)Nc3ccccc3-c3nncn3C(C)C)C2)n[nH]1. The molecule has 0 radical (unpaired) electrons. The molecule has 1 fully saturated rings. The highest BCUT2D eigenvalue weighted by Gasteiger charge is 2.27. The van der Waals surface area contributed by atoms with Crippen LogP contribution in [0.15, 0.2) is 30.6 Å². The van der Waals surface area contributed by atoms with E-state index in [0.717, 1.165) is 48.1 Å². The van der Waals surface area contributed by atoms with Crippen LogP contribution >= 0.6 is 0 Å². The second-order valence-corrected chi connectivity index (χ2v) is 7.70. The van der Waals surface area contributed by atoms with Gasteiger partial charge >= 0.3 is 6.03 Å². The first-order valence-electron chi connectivity index (χ1n) is 9.96. The molecule has 1 unspecified atom stereocenters. The molecule has 1 aromatic carbocycles. The fourth-order valence-corrected chi connectivity index (χ4v) is 3.71. The molecular weight excluding hydrogens is 368 g/mol. The van der Waals surface area contributed by atoms with Crippen molar-refractivity contribution in [2.45, 2.75) is 45.6 Å². The van der Waals surface area contributed by atoms with Gasteiger partial charge in [0.1, 0.15) is 12.2 Å². The third-order valence-electron chi connectivity index (χ3n) is 5.23. The molecule has 1 saturated heterocycles. The number of anilines is 1. The van der Waals surface area contributed by atoms with Crippen LogP contribution in [0.25, 0.3) is 11.4 Å². The number of amides is 2. The summed E-state index contributed by atoms with van der Waals surface area (Å²) in [7, 11) is 0. The summed E-state index contributed by atoms with van der Waals surface area (Å²) in [6.07, 6.45) is 3.62. The third-order valence-corrected chi connectivity index (χ3v) is 5.23. The summed E-state index contributed by atoms with van der Waals surface area (Å²) in [6, 6.07) is 7.79. The number of H-pyrrole nitrogens is 1. The van der Waals surface area contributed by atoms with Crippen LogP contribution in [0, 0.1) is 6.92 Å². The van der Waals surface area contributed by atoms with Crippen LogP contribution in [0.3, 0.4) is 0 Å². The molecule has 2 amide bonds. The van der Waals surface area contributed by atoms with Crippen LogP contribution in [0.1, 0.15) is 50.3 Å². The standard InChI is InChI=1S/C20H26N8O/c1-13(2)28-12-21-26-19(28)16-8-4-5-9-17(16)23-20(29)27-10-6-7-15(11-27)18-22-14(3)24-25-18/h4-5,8-9,12-13,15H,6-7,10-11H2,1-3H3,(H,23,29)(H,22,24,25). The highest BCUT2D eigenvalue weighted by molar-refractivity contribution is 5.93. The maximum Gasteiger partial charge on any atom is 0.321 e. The molecule has 2 N–H and O–H groups in total. The molecule has 1 aliphatic heterocycles. The lowest BCUT2D eigenvalue weighted by Crippen LogP contribution is -2.42. The fourth-order valence-electron chi connectivity index (χ4n) is 3.71. The average molecular weight is 394 g/mol. The number of likely N-dealkylation sites (tertiary alicyclic amines) is 1. The smallest absolute Gasteiger partial charge is 0.321 e. The topological polar surface area (TPSA) is 105 Å². The second-order valence-electron chi connectivity index (χ2n) is 7.70. The Balaban J connectivity index is 1.52. The summed E-state index contributed by atoms with van der Waals surface area (Å²) < 4.78 is 1.99. The first-order valence-corrected chi connectivity index (χ1v) is 9.96. The molecule has 0 bridgehead atoms. The highest BCUT2D eigenvalue weighted by Crippen LogP contribution is 2.29. The first kappa shape index (κ1) is 19.1. The zero-order chi connectivity index (χ0) is 20.4. The Bertz CT molecular complexity index is 992. The summed E-state index contributed by atoms with van der Waals surface area (Å²) in [4.78, 5) is 19.3. The number of hydrogen-bond acceptors (Lipinski definition) is 5. The van der Waals surface area contributed by atoms with E-state index in [4.69, 9.17) is 0 Å². The van der Waals surface area contributed by atoms with E-state index >= 15 is 0 Å². The lowest BCUT2D eigenvalue weighted by Gasteiger charge is -2.31. The molecule has 0 aliphatic carbocycles. The molecule has 0 saturated carbocycles. The Morgan fingerprint density at radius 1 is 1.31 bits per heavy atom. The first-order chi connectivity index (χ1) is 14.0. The maximum atomic E-state index is 13.0. The molecule has 4 rings (SSSR count). The summed E-state index contributed by atoms with van der Waals surface area (Å²) in [6.45, 7) is 7.36. The van der Waals surface area contributed by atoms with Crippen molar-refractivity contribution in [1.82, 2.24) is 34.8 Å². The fraction of sp³-hybridized carbons (Fsp3) is 0.450. The van der Waals surface area contributed by atoms with Crippen LogP contribution in [0.5, 0.6) is 0 Å². The van der Waals surface area contributed by atoms with Crippen LogP contribution in [0.4, 0.5) is 10.5 Å². The Kier molecular flexibility index (Phi) is 5.28. The quantitative estimate of drug-likeness (QED) is 0.706. The van der Waals surface area contributed by atoms with Crippen LogP contribution in [-0.2, 0) is 0 Å². The van der Waals surface area contributed by atoms with Gasteiger partial charge in [-0.3, -0.25) is 5.10 Å². The second kappa shape index (κ2) is 8.02. The number of carbonyl (C=O) groups is 1. The van der Waals surface area contributed by atoms with Crippen molar-refractivity contribution in [1.29, 1.82) is 0 Å². The van der Waals surface area contributed by atoms with E-state index in [9.17, 15) is 4.79 Å². The summed E-state index contributed by atoms with van der Waals surface area (Å²) in [5, 5.41) is 18.6. The number of rotatable bonds is 4. The third kappa shape index (κ3) is 3.98. The number of aromatic amines is 1. The zero-order valence-electron chi connectivity index (χ0n) is 17.0. The van der Waals surface area contributed by atoms with Gasteiger partial charge in [-0.05, 0) is 45.7 Å². The number of carbonyl (C=O) groups excluding carboxylic acids is 1. The number of aromatic nitrogens is 6. The van der Waals surface area contributed by atoms with E-state index < -0.39 is 0 Å². The van der Waals surface area contributed by atoms with E-state index in [1.807, 2.05) is 40.7 Å². The normalized spacial score (nSPS) is 17.0. The van der Waals surface area contributed by atoms with Gasteiger partial charge in [0.15, 0.2) is 11.6 Å². The summed E-state index contributed by atoms with van der Waals surface area (Å²) >= 11 is 0. The van der Waals surface area contributed by atoms with Crippen molar-refractivity contribution in [3.05, 3.63) is 42.2 Å². The molecule has 9 nitrogen and oxygen atoms in total. The molecular formula is C20H26N8O. The Hall–Kier alpha value is -3.23. The van der Waals surface area contributed by atoms with Crippen molar-refractivity contribution < 1.29 is 4.79 Å². The van der Waals surface area contributed by atoms with Gasteiger partial charge < -0.3 is 14.8 Å². The summed E-state index contributed by atoms with van der Waals surface area (Å²) in [5.74, 6) is 2.47. The maximum absolute atomic E-state index is 13.0. The number of nitrogens with one attached hydrogen (secondary N) is 2. The van der Waals surface area contributed by atoms with Crippen LogP contribution in [0.2, 0.25) is 0 Å². The predicted molar refractivity (Wildman–Crippen MR) is 110 cm³/mol. The Morgan fingerprint density at radius 2 is 2.14 bits per heavy atom. The minimum atomic E-state index is -0.120. The lowest BCUT2D eigenvalue weighted by atomic mass is 9.97. The number of nitrogens with zero attached hydrogens (tertiary/aromatic N) is 6. The van der Waals surface area contributed by atoms with Gasteiger partial charge in [0, 0.05) is 30.6 Å². The van der Waals surface area contributed by atoms with Gasteiger partial charge in [-0.15, -0.1) is 10.2 Å². The molecule has 3 heterocycles. The molecule has 9 heteroatoms. The van der Waals surface area contributed by atoms with Gasteiger partial charge in [-0.2, -0.15) is 5.10 Å². The minimum absolute atomic E-state index is 0.120. The average Bonchev–Trinajstić information content (AvgIpc) is 3.38. The Morgan fingerprint density at radius 3 is 2.90 bits per heavy atom. The predicted octanol–water partition coefficient (Wildman–Crippen LogP) is 3.36. The number of urea groups is 1. The molecule has 1 aliphatic rings. The van der Waals surface area contributed by atoms with Crippen LogP contribution < -0.4 is 5.32 Å². The van der Waals surface area contributed by atoms with Gasteiger partial charge in [-0.1, -0.05) is 12.1 Å². The number of aryl methyl sites for hydroxylation is 1. The number of hydrogen-bond donors (Lipinski definition) is 2. The monoisotopic (exact) mass is 394 g/mol. The lowest BCUT2D eigenvalue weighted by molar-refractivity contribution is 0.191. The zero-order valence-corrected chi connectivity index (χ0v) is 17.0. The Labute approximate surface area is 169 Å². The number of para-hydroxylation sites is 1. The van der Waals surface area contributed by atoms with Crippen molar-refractivity contribution in [2.75, 3.05) is 18.4 Å². The van der Waals surface area contributed by atoms with Crippen LogP contribution in [-0.4, -0.2) is 54.0 Å². The van der Waals surface area contributed by atoms with Gasteiger partial charge in [-0.25, -0.2) is 9.78 Å². The molecule has 152 valence electrons. The van der Waals surface area contributed by atoms with Crippen molar-refractivity contribution in [2.24, 2.45) is 0 Å². The van der Waals surface area contributed by atoms with Gasteiger partial charge in [0.25, 0.3) is 0 Å². The van der Waals surface area contributed by atoms with Crippen molar-refractivity contribution in [3.63, 3.8) is 0 Å².